The number of rotatable bonds is 44. The van der Waals surface area contributed by atoms with E-state index in [-0.39, 0.29) is 26.1 Å². The molecule has 0 radical (unpaired) electrons. The van der Waals surface area contributed by atoms with Crippen LogP contribution in [0.25, 0.3) is 0 Å². The highest BCUT2D eigenvalue weighted by molar-refractivity contribution is 7.45. The Bertz CT molecular complexity index is 1280. The summed E-state index contributed by atoms with van der Waals surface area (Å²) in [5.41, 5.74) is 0. The minimum atomic E-state index is -4.65. The zero-order valence-electron chi connectivity index (χ0n) is 40.3. The first-order valence-electron chi connectivity index (χ1n) is 24.6. The Hall–Kier alpha value is -2.55. The molecule has 10 heteroatoms. The number of phosphoric ester groups is 1. The Morgan fingerprint density at radius 1 is 0.500 bits per heavy atom. The molecular weight excluding hydrogens is 798 g/mol. The number of unbranched alkanes of at least 4 members (excludes halogenated alkanes) is 18. The number of phosphoric acid groups is 1. The van der Waals surface area contributed by atoms with Crippen LogP contribution in [-0.4, -0.2) is 70.0 Å². The number of nitrogens with zero attached hydrogens (tertiary/aromatic N) is 1. The summed E-state index contributed by atoms with van der Waals surface area (Å²) in [7, 11) is 1.11. The highest BCUT2D eigenvalue weighted by Crippen LogP contribution is 2.38. The van der Waals surface area contributed by atoms with Gasteiger partial charge in [0.25, 0.3) is 7.82 Å². The first-order valence-corrected chi connectivity index (χ1v) is 26.1. The van der Waals surface area contributed by atoms with Crippen LogP contribution in [0.4, 0.5) is 0 Å². The topological polar surface area (TPSA) is 111 Å². The molecule has 9 nitrogen and oxygen atoms in total. The molecule has 0 bridgehead atoms. The average molecular weight is 890 g/mol. The monoisotopic (exact) mass is 890 g/mol. The van der Waals surface area contributed by atoms with E-state index in [0.717, 1.165) is 44.9 Å². The Morgan fingerprint density at radius 2 is 0.903 bits per heavy atom. The minimum absolute atomic E-state index is 0.0473. The third kappa shape index (κ3) is 46.9. The lowest BCUT2D eigenvalue weighted by molar-refractivity contribution is -0.870. The molecule has 1 unspecified atom stereocenters. The maximum atomic E-state index is 12.7. The molecule has 0 rings (SSSR count). The maximum Gasteiger partial charge on any atom is 0.306 e. The van der Waals surface area contributed by atoms with Crippen molar-refractivity contribution in [3.05, 3.63) is 72.9 Å². The van der Waals surface area contributed by atoms with Crippen LogP contribution in [0.2, 0.25) is 0 Å². The van der Waals surface area contributed by atoms with Gasteiger partial charge in [-0.3, -0.25) is 14.2 Å². The summed E-state index contributed by atoms with van der Waals surface area (Å²) in [4.78, 5) is 37.6. The molecule has 62 heavy (non-hydrogen) atoms. The van der Waals surface area contributed by atoms with Crippen molar-refractivity contribution in [3.8, 4) is 0 Å². The molecule has 0 N–H and O–H groups in total. The van der Waals surface area contributed by atoms with Crippen LogP contribution in [0.15, 0.2) is 72.9 Å². The van der Waals surface area contributed by atoms with Gasteiger partial charge in [0.15, 0.2) is 6.10 Å². The normalized spacial score (nSPS) is 14.1. The van der Waals surface area contributed by atoms with E-state index >= 15 is 0 Å². The van der Waals surface area contributed by atoms with Crippen molar-refractivity contribution in [2.24, 2.45) is 0 Å². The Balaban J connectivity index is 4.41. The molecule has 2 atom stereocenters. The van der Waals surface area contributed by atoms with Gasteiger partial charge in [-0.1, -0.05) is 177 Å². The van der Waals surface area contributed by atoms with Crippen molar-refractivity contribution in [1.29, 1.82) is 0 Å². The van der Waals surface area contributed by atoms with Crippen molar-refractivity contribution >= 4 is 19.8 Å². The second kappa shape index (κ2) is 43.7. The van der Waals surface area contributed by atoms with Crippen LogP contribution in [0.5, 0.6) is 0 Å². The summed E-state index contributed by atoms with van der Waals surface area (Å²) >= 11 is 0. The Kier molecular flexibility index (Phi) is 41.9. The Morgan fingerprint density at radius 3 is 1.40 bits per heavy atom. The predicted octanol–water partition coefficient (Wildman–Crippen LogP) is 13.9. The average Bonchev–Trinajstić information content (AvgIpc) is 3.23. The van der Waals surface area contributed by atoms with E-state index < -0.39 is 32.5 Å². The maximum absolute atomic E-state index is 12.7. The molecule has 0 aliphatic heterocycles. The third-order valence-corrected chi connectivity index (χ3v) is 11.2. The molecule has 358 valence electrons. The van der Waals surface area contributed by atoms with Gasteiger partial charge >= 0.3 is 11.9 Å². The van der Waals surface area contributed by atoms with Crippen molar-refractivity contribution in [1.82, 2.24) is 0 Å². The molecule has 0 aliphatic carbocycles. The molecule has 0 aromatic rings. The second-order valence-electron chi connectivity index (χ2n) is 17.5. The van der Waals surface area contributed by atoms with Crippen molar-refractivity contribution < 1.29 is 42.1 Å². The Labute approximate surface area is 380 Å². The summed E-state index contributed by atoms with van der Waals surface area (Å²) in [6.07, 6.45) is 55.2. The zero-order chi connectivity index (χ0) is 45.7. The van der Waals surface area contributed by atoms with E-state index in [4.69, 9.17) is 18.5 Å². The molecule has 0 saturated carbocycles. The van der Waals surface area contributed by atoms with E-state index in [1.807, 2.05) is 33.3 Å². The summed E-state index contributed by atoms with van der Waals surface area (Å²) < 4.78 is 33.9. The summed E-state index contributed by atoms with van der Waals surface area (Å²) in [6, 6.07) is 0. The molecule has 0 amide bonds. The van der Waals surface area contributed by atoms with Crippen LogP contribution < -0.4 is 4.89 Å². The molecule has 0 aliphatic rings. The number of carbonyl (C=O) groups is 2. The van der Waals surface area contributed by atoms with Crippen LogP contribution in [0.1, 0.15) is 194 Å². The van der Waals surface area contributed by atoms with E-state index in [0.29, 0.717) is 23.9 Å². The fourth-order valence-corrected chi connectivity index (χ4v) is 7.07. The van der Waals surface area contributed by atoms with E-state index in [1.165, 1.54) is 109 Å². The number of esters is 2. The number of carbonyl (C=O) groups excluding carboxylic acids is 2. The lowest BCUT2D eigenvalue weighted by Gasteiger charge is -2.28. The summed E-state index contributed by atoms with van der Waals surface area (Å²) in [5.74, 6) is -0.935. The van der Waals surface area contributed by atoms with Crippen molar-refractivity contribution in [2.45, 2.75) is 200 Å². The molecular formula is C52H92NO8P. The number of hydrogen-bond acceptors (Lipinski definition) is 8. The fourth-order valence-electron chi connectivity index (χ4n) is 6.34. The molecule has 0 spiro atoms. The van der Waals surface area contributed by atoms with Gasteiger partial charge in [-0.15, -0.1) is 0 Å². The van der Waals surface area contributed by atoms with Crippen molar-refractivity contribution in [2.75, 3.05) is 47.5 Å². The molecule has 0 fully saturated rings. The number of ether oxygens (including phenoxy) is 2. The van der Waals surface area contributed by atoms with Crippen LogP contribution in [0, 0.1) is 0 Å². The van der Waals surface area contributed by atoms with Gasteiger partial charge in [-0.2, -0.15) is 0 Å². The van der Waals surface area contributed by atoms with Gasteiger partial charge in [0, 0.05) is 12.8 Å². The first kappa shape index (κ1) is 59.5. The highest BCUT2D eigenvalue weighted by atomic mass is 31.2. The second-order valence-corrected chi connectivity index (χ2v) is 18.9. The standard InChI is InChI=1S/C52H92NO8P/c1-6-8-10-12-14-16-18-20-22-24-26-28-30-32-34-36-38-40-42-44-51(54)58-48-50(49-60-62(56,57)59-47-46-53(3,4)5)61-52(55)45-43-41-39-37-35-33-31-29-27-25-23-21-19-17-15-13-11-9-7-2/h15,17,20-23,27,29,33,35,39,41,50H,6-14,16,18-19,24-26,28,30-32,34,36-38,40,42-49H2,1-5H3/b17-15+,22-20+,23-21+,29-27+,35-33+,41-39+/t50-/m1/s1. The van der Waals surface area contributed by atoms with Crippen molar-refractivity contribution in [3.63, 3.8) is 0 Å². The fraction of sp³-hybridized carbons (Fsp3) is 0.731. The zero-order valence-corrected chi connectivity index (χ0v) is 41.2. The van der Waals surface area contributed by atoms with Gasteiger partial charge < -0.3 is 27.9 Å². The lowest BCUT2D eigenvalue weighted by Crippen LogP contribution is -2.37. The molecule has 0 saturated heterocycles. The number of likely N-dealkylation sites (N-methyl/N-ethyl adjacent to an activating group) is 1. The third-order valence-electron chi connectivity index (χ3n) is 10.2. The molecule has 0 aromatic carbocycles. The predicted molar refractivity (Wildman–Crippen MR) is 259 cm³/mol. The lowest BCUT2D eigenvalue weighted by atomic mass is 10.1. The summed E-state index contributed by atoms with van der Waals surface area (Å²) in [6.45, 7) is 4.11. The smallest absolute Gasteiger partial charge is 0.306 e. The van der Waals surface area contributed by atoms with Gasteiger partial charge in [-0.05, 0) is 77.0 Å². The number of hydrogen-bond donors (Lipinski definition) is 0. The van der Waals surface area contributed by atoms with Gasteiger partial charge in [0.1, 0.15) is 19.8 Å². The quantitative estimate of drug-likeness (QED) is 0.0195. The molecule has 0 heterocycles. The van der Waals surface area contributed by atoms with E-state index in [2.05, 4.69) is 74.6 Å². The molecule has 0 aromatic heterocycles. The minimum Gasteiger partial charge on any atom is -0.756 e. The van der Waals surface area contributed by atoms with Gasteiger partial charge in [0.2, 0.25) is 0 Å². The van der Waals surface area contributed by atoms with Crippen LogP contribution >= 0.6 is 7.82 Å². The summed E-state index contributed by atoms with van der Waals surface area (Å²) in [5, 5.41) is 0. The van der Waals surface area contributed by atoms with E-state index in [9.17, 15) is 19.0 Å². The van der Waals surface area contributed by atoms with Gasteiger partial charge in [0.05, 0.1) is 27.7 Å². The number of allylic oxidation sites excluding steroid dienone is 12. The van der Waals surface area contributed by atoms with E-state index in [1.54, 1.807) is 0 Å². The number of quaternary nitrogens is 1. The van der Waals surface area contributed by atoms with Crippen LogP contribution in [0.3, 0.4) is 0 Å². The van der Waals surface area contributed by atoms with Gasteiger partial charge in [-0.25, -0.2) is 0 Å². The highest BCUT2D eigenvalue weighted by Gasteiger charge is 2.21. The first-order chi connectivity index (χ1) is 30.0. The largest absolute Gasteiger partial charge is 0.756 e. The van der Waals surface area contributed by atoms with Crippen LogP contribution in [-0.2, 0) is 32.7 Å². The SMILES string of the molecule is CCCCC/C=C/C/C=C/C/C=C/C/C=C/C/C=C/CCC(=O)O[C@H](COC(=O)CCCCCCCCCCC/C=C/CCCCCCCC)COP(=O)([O-])OCC[N+](C)(C)C.